The van der Waals surface area contributed by atoms with Gasteiger partial charge >= 0.3 is 0 Å². The molecule has 1 atom stereocenters. The lowest BCUT2D eigenvalue weighted by molar-refractivity contribution is 0.350. The highest BCUT2D eigenvalue weighted by atomic mass is 32.2. The van der Waals surface area contributed by atoms with E-state index in [2.05, 4.69) is 11.3 Å². The molecular weight excluding hydrogens is 326 g/mol. The van der Waals surface area contributed by atoms with Crippen molar-refractivity contribution in [1.29, 1.82) is 0 Å². The van der Waals surface area contributed by atoms with Crippen LogP contribution in [0.4, 0.5) is 0 Å². The van der Waals surface area contributed by atoms with E-state index in [0.717, 1.165) is 5.56 Å². The largest absolute Gasteiger partial charge is 0.493 e. The van der Waals surface area contributed by atoms with Crippen molar-refractivity contribution in [3.63, 3.8) is 0 Å². The normalized spacial score (nSPS) is 12.5. The molecule has 0 spiro atoms. The quantitative estimate of drug-likeness (QED) is 0.781. The summed E-state index contributed by atoms with van der Waals surface area (Å²) in [6.07, 6.45) is 1.52. The van der Waals surface area contributed by atoms with Gasteiger partial charge in [-0.15, -0.1) is 6.58 Å². The molecule has 2 rings (SSSR count). The van der Waals surface area contributed by atoms with Crippen LogP contribution in [0.3, 0.4) is 0 Å². The van der Waals surface area contributed by atoms with Crippen LogP contribution in [0.1, 0.15) is 17.2 Å². The van der Waals surface area contributed by atoms with Crippen molar-refractivity contribution in [3.8, 4) is 11.5 Å². The fourth-order valence-corrected chi connectivity index (χ4v) is 3.54. The topological polar surface area (TPSA) is 64.6 Å². The number of ether oxygens (including phenoxy) is 2. The zero-order valence-corrected chi connectivity index (χ0v) is 14.8. The molecule has 0 fully saturated rings. The van der Waals surface area contributed by atoms with Gasteiger partial charge in [0.2, 0.25) is 10.0 Å². The molecule has 2 aromatic rings. The van der Waals surface area contributed by atoms with Crippen LogP contribution >= 0.6 is 0 Å². The molecule has 0 heterocycles. The van der Waals surface area contributed by atoms with E-state index in [1.165, 1.54) is 20.3 Å². The van der Waals surface area contributed by atoms with Crippen LogP contribution in [0.25, 0.3) is 0 Å². The number of rotatable bonds is 7. The second-order valence-electron chi connectivity index (χ2n) is 5.23. The molecule has 2 aromatic carbocycles. The predicted molar refractivity (Wildman–Crippen MR) is 94.0 cm³/mol. The molecule has 0 aliphatic heterocycles. The van der Waals surface area contributed by atoms with Crippen LogP contribution < -0.4 is 14.2 Å². The van der Waals surface area contributed by atoms with Crippen LogP contribution in [0.5, 0.6) is 11.5 Å². The summed E-state index contributed by atoms with van der Waals surface area (Å²) >= 11 is 0. The van der Waals surface area contributed by atoms with Gasteiger partial charge in [-0.1, -0.05) is 35.9 Å². The molecule has 0 aliphatic rings. The molecule has 6 heteroatoms. The standard InChI is InChI=1S/C18H21NO4S/c1-5-16(15-7-6-8-17(22-3)18(15)23-4)19-24(20,21)14-11-9-13(2)10-12-14/h5-12,16,19H,1H2,2-4H3. The average Bonchev–Trinajstić information content (AvgIpc) is 2.59. The molecule has 1 unspecified atom stereocenters. The van der Waals surface area contributed by atoms with Crippen molar-refractivity contribution >= 4 is 10.0 Å². The number of hydrogen-bond acceptors (Lipinski definition) is 4. The number of nitrogens with one attached hydrogen (secondary N) is 1. The van der Waals surface area contributed by atoms with Gasteiger partial charge in [0.15, 0.2) is 11.5 Å². The van der Waals surface area contributed by atoms with Gasteiger partial charge < -0.3 is 9.47 Å². The molecular formula is C18H21NO4S. The molecule has 5 nitrogen and oxygen atoms in total. The van der Waals surface area contributed by atoms with Crippen LogP contribution in [0, 0.1) is 6.92 Å². The molecule has 0 amide bonds. The summed E-state index contributed by atoms with van der Waals surface area (Å²) in [7, 11) is -0.660. The number of benzene rings is 2. The van der Waals surface area contributed by atoms with Crippen molar-refractivity contribution in [1.82, 2.24) is 4.72 Å². The zero-order valence-electron chi connectivity index (χ0n) is 13.9. The van der Waals surface area contributed by atoms with E-state index >= 15 is 0 Å². The van der Waals surface area contributed by atoms with E-state index in [4.69, 9.17) is 9.47 Å². The van der Waals surface area contributed by atoms with Crippen molar-refractivity contribution in [2.75, 3.05) is 14.2 Å². The van der Waals surface area contributed by atoms with Gasteiger partial charge in [0.05, 0.1) is 25.2 Å². The average molecular weight is 347 g/mol. The molecule has 24 heavy (non-hydrogen) atoms. The molecule has 0 saturated heterocycles. The summed E-state index contributed by atoms with van der Waals surface area (Å²) in [6.45, 7) is 5.64. The third-order valence-corrected chi connectivity index (χ3v) is 5.07. The van der Waals surface area contributed by atoms with Gasteiger partial charge in [0.1, 0.15) is 0 Å². The van der Waals surface area contributed by atoms with E-state index in [0.29, 0.717) is 17.1 Å². The summed E-state index contributed by atoms with van der Waals surface area (Å²) in [4.78, 5) is 0.196. The lowest BCUT2D eigenvalue weighted by atomic mass is 10.1. The highest BCUT2D eigenvalue weighted by Gasteiger charge is 2.23. The second-order valence-corrected chi connectivity index (χ2v) is 6.94. The Labute approximate surface area is 143 Å². The minimum absolute atomic E-state index is 0.196. The first-order chi connectivity index (χ1) is 11.4. The first-order valence-corrected chi connectivity index (χ1v) is 8.83. The molecule has 0 saturated carbocycles. The van der Waals surface area contributed by atoms with E-state index < -0.39 is 16.1 Å². The van der Waals surface area contributed by atoms with Gasteiger partial charge in [-0.25, -0.2) is 8.42 Å². The second kappa shape index (κ2) is 7.51. The van der Waals surface area contributed by atoms with E-state index in [1.54, 1.807) is 42.5 Å². The predicted octanol–water partition coefficient (Wildman–Crippen LogP) is 3.22. The third-order valence-electron chi connectivity index (χ3n) is 3.62. The van der Waals surface area contributed by atoms with Crippen LogP contribution in [0.15, 0.2) is 60.0 Å². The molecule has 128 valence electrons. The minimum Gasteiger partial charge on any atom is -0.493 e. The smallest absolute Gasteiger partial charge is 0.241 e. The van der Waals surface area contributed by atoms with Crippen LogP contribution in [-0.4, -0.2) is 22.6 Å². The van der Waals surface area contributed by atoms with Crippen LogP contribution in [0.2, 0.25) is 0 Å². The van der Waals surface area contributed by atoms with Crippen molar-refractivity contribution in [2.45, 2.75) is 17.9 Å². The highest BCUT2D eigenvalue weighted by molar-refractivity contribution is 7.89. The number of hydrogen-bond donors (Lipinski definition) is 1. The van der Waals surface area contributed by atoms with Gasteiger partial charge in [-0.2, -0.15) is 4.72 Å². The Morgan fingerprint density at radius 2 is 1.75 bits per heavy atom. The lowest BCUT2D eigenvalue weighted by Crippen LogP contribution is -2.27. The first kappa shape index (κ1) is 18.0. The monoisotopic (exact) mass is 347 g/mol. The third kappa shape index (κ3) is 3.77. The zero-order chi connectivity index (χ0) is 17.7. The highest BCUT2D eigenvalue weighted by Crippen LogP contribution is 2.35. The molecule has 0 aromatic heterocycles. The maximum Gasteiger partial charge on any atom is 0.241 e. The van der Waals surface area contributed by atoms with E-state index in [-0.39, 0.29) is 4.90 Å². The van der Waals surface area contributed by atoms with Gasteiger partial charge in [0, 0.05) is 5.56 Å². The van der Waals surface area contributed by atoms with Crippen molar-refractivity contribution in [2.24, 2.45) is 0 Å². The maximum absolute atomic E-state index is 12.6. The number of aryl methyl sites for hydroxylation is 1. The van der Waals surface area contributed by atoms with Crippen LogP contribution in [-0.2, 0) is 10.0 Å². The van der Waals surface area contributed by atoms with Gasteiger partial charge in [0.25, 0.3) is 0 Å². The van der Waals surface area contributed by atoms with Gasteiger partial charge in [-0.3, -0.25) is 0 Å². The maximum atomic E-state index is 12.6. The Balaban J connectivity index is 2.39. The molecule has 1 N–H and O–H groups in total. The Kier molecular flexibility index (Phi) is 5.64. The molecule has 0 radical (unpaired) electrons. The molecule has 0 bridgehead atoms. The SMILES string of the molecule is C=CC(NS(=O)(=O)c1ccc(C)cc1)c1cccc(OC)c1OC. The fourth-order valence-electron chi connectivity index (χ4n) is 2.35. The summed E-state index contributed by atoms with van der Waals surface area (Å²) in [5.74, 6) is 0.993. The molecule has 0 aliphatic carbocycles. The summed E-state index contributed by atoms with van der Waals surface area (Å²) < 4.78 is 38.5. The Hall–Kier alpha value is -2.31. The van der Waals surface area contributed by atoms with E-state index in [9.17, 15) is 8.42 Å². The van der Waals surface area contributed by atoms with Crippen molar-refractivity contribution < 1.29 is 17.9 Å². The summed E-state index contributed by atoms with van der Waals surface area (Å²) in [5.41, 5.74) is 1.62. The number of methoxy groups -OCH3 is 2. The Morgan fingerprint density at radius 3 is 2.29 bits per heavy atom. The number of para-hydroxylation sites is 1. The first-order valence-electron chi connectivity index (χ1n) is 7.35. The Bertz CT molecular complexity index is 813. The van der Waals surface area contributed by atoms with Crippen molar-refractivity contribution in [3.05, 3.63) is 66.2 Å². The van der Waals surface area contributed by atoms with E-state index in [1.807, 2.05) is 6.92 Å². The minimum atomic E-state index is -3.70. The lowest BCUT2D eigenvalue weighted by Gasteiger charge is -2.19. The van der Waals surface area contributed by atoms with Gasteiger partial charge in [-0.05, 0) is 25.1 Å². The summed E-state index contributed by atoms with van der Waals surface area (Å²) in [5, 5.41) is 0. The fraction of sp³-hybridized carbons (Fsp3) is 0.222. The number of sulfonamides is 1. The summed E-state index contributed by atoms with van der Waals surface area (Å²) in [6, 6.07) is 11.3. The Morgan fingerprint density at radius 1 is 1.08 bits per heavy atom.